The molecule has 3 rings (SSSR count). The summed E-state index contributed by atoms with van der Waals surface area (Å²) in [6.45, 7) is 6.14. The van der Waals surface area contributed by atoms with Crippen molar-refractivity contribution in [3.63, 3.8) is 0 Å². The van der Waals surface area contributed by atoms with Crippen molar-refractivity contribution < 1.29 is 5.11 Å². The molecular weight excluding hydrogens is 335 g/mol. The molecule has 1 atom stereocenters. The normalized spacial score (nSPS) is 12.1. The van der Waals surface area contributed by atoms with Crippen molar-refractivity contribution in [1.29, 1.82) is 0 Å². The summed E-state index contributed by atoms with van der Waals surface area (Å²) >= 11 is 0. The van der Waals surface area contributed by atoms with E-state index in [0.717, 1.165) is 23.1 Å². The summed E-state index contributed by atoms with van der Waals surface area (Å²) in [6, 6.07) is 14.0. The van der Waals surface area contributed by atoms with Crippen molar-refractivity contribution in [1.82, 2.24) is 4.57 Å². The number of rotatable bonds is 6. The molecule has 138 valence electrons. The van der Waals surface area contributed by atoms with Crippen LogP contribution in [0.2, 0.25) is 0 Å². The second kappa shape index (κ2) is 7.93. The van der Waals surface area contributed by atoms with Crippen LogP contribution in [0.3, 0.4) is 0 Å². The van der Waals surface area contributed by atoms with Crippen molar-refractivity contribution in [3.8, 4) is 0 Å². The molecule has 0 radical (unpaired) electrons. The van der Waals surface area contributed by atoms with Gasteiger partial charge in [-0.3, -0.25) is 0 Å². The summed E-state index contributed by atoms with van der Waals surface area (Å²) in [5.74, 6) is 0. The Morgan fingerprint density at radius 2 is 1.96 bits per heavy atom. The summed E-state index contributed by atoms with van der Waals surface area (Å²) in [4.78, 5) is 12.7. The number of pyridine rings is 1. The zero-order chi connectivity index (χ0) is 19.6. The summed E-state index contributed by atoms with van der Waals surface area (Å²) < 4.78 is 1.54. The van der Waals surface area contributed by atoms with Crippen molar-refractivity contribution >= 4 is 29.5 Å². The second-order valence-electron chi connectivity index (χ2n) is 7.22. The molecule has 0 spiro atoms. The molecule has 3 aromatic rings. The Balaban J connectivity index is 1.88. The molecule has 1 aromatic heterocycles. The topological polar surface area (TPSA) is 54.3 Å². The van der Waals surface area contributed by atoms with Crippen LogP contribution in [0.4, 0.5) is 5.69 Å². The average Bonchev–Trinajstić information content (AvgIpc) is 2.61. The van der Waals surface area contributed by atoms with E-state index in [2.05, 4.69) is 44.9 Å². The number of aryl methyl sites for hydroxylation is 2. The van der Waals surface area contributed by atoms with Crippen LogP contribution in [-0.4, -0.2) is 28.9 Å². The van der Waals surface area contributed by atoms with Crippen LogP contribution in [0.5, 0.6) is 0 Å². The number of benzene rings is 2. The third-order valence-electron chi connectivity index (χ3n) is 4.70. The van der Waals surface area contributed by atoms with Crippen molar-refractivity contribution in [2.24, 2.45) is 0 Å². The molecule has 5 heteroatoms. The Morgan fingerprint density at radius 1 is 1.19 bits per heavy atom. The Morgan fingerprint density at radius 3 is 2.70 bits per heavy atom. The fourth-order valence-electron chi connectivity index (χ4n) is 3.31. The van der Waals surface area contributed by atoms with E-state index in [9.17, 15) is 9.90 Å². The molecule has 4 nitrogen and oxygen atoms in total. The fraction of sp³-hybridized carbons (Fsp3) is 0.273. The zero-order valence-corrected chi connectivity index (χ0v) is 16.1. The molecule has 0 saturated carbocycles. The van der Waals surface area contributed by atoms with Gasteiger partial charge in [0.05, 0.1) is 0 Å². The van der Waals surface area contributed by atoms with Crippen molar-refractivity contribution in [2.75, 3.05) is 5.32 Å². The Hall–Kier alpha value is -2.66. The second-order valence-corrected chi connectivity index (χ2v) is 7.22. The van der Waals surface area contributed by atoms with Crippen molar-refractivity contribution in [3.05, 3.63) is 75.7 Å². The number of hydrogen-bond donors (Lipinski definition) is 2. The number of aliphatic hydroxyl groups excluding tert-OH is 1. The number of nitrogens with zero attached hydrogens (tertiary/aromatic N) is 1. The fourth-order valence-corrected chi connectivity index (χ4v) is 3.31. The Bertz CT molecular complexity index is 1050. The summed E-state index contributed by atoms with van der Waals surface area (Å²) in [7, 11) is 4.17. The minimum atomic E-state index is -0.571. The van der Waals surface area contributed by atoms with E-state index in [-0.39, 0.29) is 12.1 Å². The van der Waals surface area contributed by atoms with E-state index in [0.29, 0.717) is 5.39 Å². The zero-order valence-electron chi connectivity index (χ0n) is 16.1. The van der Waals surface area contributed by atoms with Gasteiger partial charge in [-0.2, -0.15) is 0 Å². The van der Waals surface area contributed by atoms with Gasteiger partial charge in [0.25, 0.3) is 0 Å². The van der Waals surface area contributed by atoms with Gasteiger partial charge in [-0.25, -0.2) is 0 Å². The standard InChI is InChI=1S/C22H25BN2O2/c1-14-7-8-15(2)17(11-14)12-21(23)24-20-6-4-5-19-18(20)9-10-25(22(19)27)13-16(3)26/h4-11,16,23-24,26H,12-13H2,1-3H3. The first-order valence-electron chi connectivity index (χ1n) is 9.16. The Kier molecular flexibility index (Phi) is 5.61. The van der Waals surface area contributed by atoms with Crippen LogP contribution in [0.1, 0.15) is 23.6 Å². The third-order valence-corrected chi connectivity index (χ3v) is 4.70. The molecule has 2 N–H and O–H groups in total. The molecule has 1 unspecified atom stereocenters. The first-order chi connectivity index (χ1) is 12.8. The molecule has 0 aliphatic carbocycles. The first-order valence-corrected chi connectivity index (χ1v) is 9.16. The number of fused-ring (bicyclic) bond motifs is 1. The molecule has 0 fully saturated rings. The molecular formula is C22H25BN2O2. The molecule has 0 bridgehead atoms. The van der Waals surface area contributed by atoms with Crippen LogP contribution in [0, 0.1) is 13.8 Å². The van der Waals surface area contributed by atoms with E-state index in [1.54, 1.807) is 17.7 Å². The summed E-state index contributed by atoms with van der Waals surface area (Å²) in [6.07, 6.45) is 1.89. The quantitative estimate of drug-likeness (QED) is 0.665. The van der Waals surface area contributed by atoms with E-state index in [1.807, 2.05) is 24.3 Å². The Labute approximate surface area is 160 Å². The molecule has 0 aliphatic heterocycles. The van der Waals surface area contributed by atoms with Gasteiger partial charge in [-0.1, -0.05) is 0 Å². The molecule has 27 heavy (non-hydrogen) atoms. The van der Waals surface area contributed by atoms with Gasteiger partial charge in [-0.15, -0.1) is 0 Å². The molecule has 1 heterocycles. The van der Waals surface area contributed by atoms with Crippen LogP contribution in [-0.2, 0) is 13.0 Å². The third kappa shape index (κ3) is 4.37. The summed E-state index contributed by atoms with van der Waals surface area (Å²) in [5, 5.41) is 14.4. The van der Waals surface area contributed by atoms with E-state index in [4.69, 9.17) is 0 Å². The van der Waals surface area contributed by atoms with Gasteiger partial charge in [0.15, 0.2) is 0 Å². The molecule has 0 saturated heterocycles. The SMILES string of the molecule is B=C(Cc1cc(C)ccc1C)Nc1cccc2c(=O)n(CC(C)O)ccc12. The predicted molar refractivity (Wildman–Crippen MR) is 115 cm³/mol. The van der Waals surface area contributed by atoms with Gasteiger partial charge >= 0.3 is 160 Å². The number of hydrogen-bond acceptors (Lipinski definition) is 3. The van der Waals surface area contributed by atoms with Gasteiger partial charge < -0.3 is 0 Å². The summed E-state index contributed by atoms with van der Waals surface area (Å²) in [5.41, 5.74) is 5.35. The predicted octanol–water partition coefficient (Wildman–Crippen LogP) is 2.68. The average molecular weight is 360 g/mol. The number of aromatic nitrogens is 1. The van der Waals surface area contributed by atoms with Gasteiger partial charge in [0.2, 0.25) is 0 Å². The van der Waals surface area contributed by atoms with Crippen LogP contribution in [0.25, 0.3) is 10.8 Å². The van der Waals surface area contributed by atoms with E-state index >= 15 is 0 Å². The van der Waals surface area contributed by atoms with Gasteiger partial charge in [-0.05, 0) is 0 Å². The first kappa shape index (κ1) is 19.1. The van der Waals surface area contributed by atoms with Gasteiger partial charge in [0, 0.05) is 0 Å². The number of aliphatic hydroxyl groups is 1. The maximum atomic E-state index is 12.7. The monoisotopic (exact) mass is 360 g/mol. The van der Waals surface area contributed by atoms with Crippen LogP contribution >= 0.6 is 0 Å². The number of nitrogens with one attached hydrogen (secondary N) is 1. The number of anilines is 1. The van der Waals surface area contributed by atoms with E-state index in [1.165, 1.54) is 16.7 Å². The maximum absolute atomic E-state index is 12.7. The minimum absolute atomic E-state index is 0.0998. The van der Waals surface area contributed by atoms with Crippen LogP contribution < -0.4 is 10.9 Å². The van der Waals surface area contributed by atoms with Crippen LogP contribution in [0.15, 0.2) is 53.5 Å². The molecule has 0 amide bonds. The van der Waals surface area contributed by atoms with Crippen molar-refractivity contribution in [2.45, 2.75) is 39.8 Å². The molecule has 0 aliphatic rings. The van der Waals surface area contributed by atoms with E-state index < -0.39 is 6.10 Å². The van der Waals surface area contributed by atoms with Gasteiger partial charge in [0.1, 0.15) is 0 Å². The molecule has 2 aromatic carbocycles.